The summed E-state index contributed by atoms with van der Waals surface area (Å²) >= 11 is 1.36. The number of aliphatic hydroxyl groups is 1. The number of benzene rings is 1. The number of para-hydroxylation sites is 1. The third-order valence-electron chi connectivity index (χ3n) is 16.4. The van der Waals surface area contributed by atoms with Crippen LogP contribution in [0.25, 0.3) is 10.9 Å². The monoisotopic (exact) mass is 1390 g/mol. The first kappa shape index (κ1) is 79.5. The molecule has 19 N–H and O–H groups in total. The summed E-state index contributed by atoms with van der Waals surface area (Å²) in [5, 5.41) is 48.6. The second-order valence-electron chi connectivity index (χ2n) is 24.9. The van der Waals surface area contributed by atoms with E-state index in [4.69, 9.17) is 11.5 Å². The summed E-state index contributed by atoms with van der Waals surface area (Å²) in [6.07, 6.45) is 7.15. The molecule has 0 bridgehead atoms. The number of carbonyl (C=O) groups is 14. The number of rotatable bonds is 40. The van der Waals surface area contributed by atoms with E-state index in [-0.39, 0.29) is 77.0 Å². The molecule has 98 heavy (non-hydrogen) atoms. The first-order valence-corrected chi connectivity index (χ1v) is 34.2. The van der Waals surface area contributed by atoms with Gasteiger partial charge >= 0.3 is 5.97 Å². The van der Waals surface area contributed by atoms with E-state index in [0.29, 0.717) is 42.7 Å². The van der Waals surface area contributed by atoms with E-state index < -0.39 is 175 Å². The number of aromatic amines is 2. The van der Waals surface area contributed by atoms with Crippen molar-refractivity contribution >= 4 is 105 Å². The SMILES string of the molecule is CSCC[C@H](NC(=O)CNC(=O)[C@H](Cc1c[nH]c2ccccc12)NC(=O)[C@@H]1CCCN1C(=O)CNC(=O)[C@@H]1CCCN1C(=O)[C@H](Cc1c[nH]cn1)NC(=O)CN)C(=O)N[C@@H](CC(C)C)C(=O)NCC(=O)N[C@H](C(=O)N[C@@H](CCCCN)C(=O)NCC(=O)N[C@H](C(=O)O)C(C)C)[C@@H](C)O. The lowest BCUT2D eigenvalue weighted by Crippen LogP contribution is -2.59. The lowest BCUT2D eigenvalue weighted by molar-refractivity contribution is -0.143. The molecule has 0 unspecified atom stereocenters. The van der Waals surface area contributed by atoms with Gasteiger partial charge in [0.1, 0.15) is 54.4 Å². The number of hydrogen-bond donors (Lipinski definition) is 17. The Hall–Kier alpha value is -9.22. The van der Waals surface area contributed by atoms with Crippen molar-refractivity contribution in [1.29, 1.82) is 0 Å². The molecule has 2 fully saturated rings. The summed E-state index contributed by atoms with van der Waals surface area (Å²) in [6, 6.07) is -3.90. The van der Waals surface area contributed by atoms with Crippen LogP contribution < -0.4 is 70.0 Å². The lowest BCUT2D eigenvalue weighted by atomic mass is 10.0. The Morgan fingerprint density at radius 2 is 1.19 bits per heavy atom. The van der Waals surface area contributed by atoms with Gasteiger partial charge in [0, 0.05) is 49.2 Å². The highest BCUT2D eigenvalue weighted by Crippen LogP contribution is 2.23. The van der Waals surface area contributed by atoms with Crippen molar-refractivity contribution < 1.29 is 77.3 Å². The predicted octanol–water partition coefficient (Wildman–Crippen LogP) is -4.48. The Morgan fingerprint density at radius 1 is 0.612 bits per heavy atom. The van der Waals surface area contributed by atoms with Crippen molar-refractivity contribution in [2.75, 3.05) is 64.4 Å². The number of nitrogens with one attached hydrogen (secondary N) is 13. The van der Waals surface area contributed by atoms with Gasteiger partial charge in [-0.05, 0) is 107 Å². The fourth-order valence-electron chi connectivity index (χ4n) is 11.3. The Kier molecular flexibility index (Phi) is 32.3. The number of imidazole rings is 1. The van der Waals surface area contributed by atoms with Gasteiger partial charge in [0.2, 0.25) is 76.8 Å². The van der Waals surface area contributed by atoms with E-state index >= 15 is 0 Å². The minimum absolute atomic E-state index is 0.0269. The van der Waals surface area contributed by atoms with Crippen molar-refractivity contribution in [2.45, 2.75) is 166 Å². The van der Waals surface area contributed by atoms with Crippen molar-refractivity contribution in [1.82, 2.24) is 83.2 Å². The molecule has 2 aliphatic rings. The average Bonchev–Trinajstić information content (AvgIpc) is 1.66. The Bertz CT molecular complexity index is 3260. The molecule has 2 aromatic heterocycles. The number of carboxylic acids is 1. The molecule has 3 aromatic rings. The Labute approximate surface area is 571 Å². The number of likely N-dealkylation sites (tertiary alicyclic amines) is 2. The smallest absolute Gasteiger partial charge is 0.326 e. The molecule has 0 spiro atoms. The first-order valence-electron chi connectivity index (χ1n) is 32.8. The highest BCUT2D eigenvalue weighted by molar-refractivity contribution is 7.98. The van der Waals surface area contributed by atoms with Gasteiger partial charge in [-0.1, -0.05) is 45.9 Å². The standard InChI is InChI=1S/C63H96N18O16S/c1-34(2)23-43(56(89)70-31-51(86)79-54(36(5)82)61(94)75-41(15-9-10-19-64)55(88)68-30-50(85)78-53(35(3)4)63(96)97)76-58(91)42(18-22-98-6)73-49(84)29-69-57(90)44(24-37-27-67-40-14-8-7-13-39(37)40)77-60(93)47-17-11-20-80(47)52(87)32-71-59(92)46-16-12-21-81(46)62(95)45(74-48(83)26-65)25-38-28-66-33-72-38/h7-8,13-14,27-28,33-36,41-47,53-54,67,82H,9-12,15-26,29-32,64-65H2,1-6H3,(H,66,72)(H,68,88)(H,69,90)(H,70,89)(H,71,92)(H,73,84)(H,74,83)(H,75,94)(H,76,91)(H,77,93)(H,78,85)(H,79,86)(H,96,97)/t36-,41+,42+,43+,44+,45+,46+,47+,53+,54+/m1/s1. The number of nitrogens with two attached hydrogens (primary N) is 2. The molecular formula is C63H96N18O16S. The molecule has 2 aliphatic heterocycles. The third kappa shape index (κ3) is 24.7. The number of aliphatic carboxylic acids is 1. The molecule has 0 radical (unpaired) electrons. The number of H-pyrrole nitrogens is 2. The minimum Gasteiger partial charge on any atom is -0.480 e. The van der Waals surface area contributed by atoms with Crippen molar-refractivity contribution in [3.63, 3.8) is 0 Å². The molecule has 35 heteroatoms. The maximum absolute atomic E-state index is 14.3. The van der Waals surface area contributed by atoms with E-state index in [1.807, 2.05) is 18.2 Å². The van der Waals surface area contributed by atoms with E-state index in [0.717, 1.165) is 10.9 Å². The number of nitrogens with zero attached hydrogens (tertiary/aromatic N) is 3. The fourth-order valence-corrected chi connectivity index (χ4v) is 11.7. The second-order valence-corrected chi connectivity index (χ2v) is 25.9. The maximum Gasteiger partial charge on any atom is 0.326 e. The van der Waals surface area contributed by atoms with Crippen LogP contribution in [-0.2, 0) is 80.0 Å². The minimum atomic E-state index is -1.66. The first-order chi connectivity index (χ1) is 46.7. The number of carboxylic acid groups (broad SMARTS) is 1. The highest BCUT2D eigenvalue weighted by atomic mass is 32.2. The van der Waals surface area contributed by atoms with Crippen LogP contribution in [0.2, 0.25) is 0 Å². The summed E-state index contributed by atoms with van der Waals surface area (Å²) in [4.78, 5) is 201. The van der Waals surface area contributed by atoms with Crippen molar-refractivity contribution in [3.8, 4) is 0 Å². The van der Waals surface area contributed by atoms with Gasteiger partial charge in [0.05, 0.1) is 50.8 Å². The number of fused-ring (bicyclic) bond motifs is 1. The lowest BCUT2D eigenvalue weighted by Gasteiger charge is -2.29. The molecule has 34 nitrogen and oxygen atoms in total. The van der Waals surface area contributed by atoms with Crippen LogP contribution in [0.4, 0.5) is 0 Å². The number of thioether (sulfide) groups is 1. The summed E-state index contributed by atoms with van der Waals surface area (Å²) in [6.45, 7) is 5.56. The van der Waals surface area contributed by atoms with E-state index in [1.54, 1.807) is 52.4 Å². The zero-order valence-electron chi connectivity index (χ0n) is 56.1. The number of unbranched alkanes of at least 4 members (excludes halogenated alkanes) is 1. The molecule has 1 aromatic carbocycles. The Balaban J connectivity index is 1.19. The van der Waals surface area contributed by atoms with Gasteiger partial charge in [-0.2, -0.15) is 11.8 Å². The average molecular weight is 1390 g/mol. The number of amides is 13. The van der Waals surface area contributed by atoms with Crippen LogP contribution in [-0.4, -0.2) is 243 Å². The zero-order chi connectivity index (χ0) is 72.2. The van der Waals surface area contributed by atoms with Crippen molar-refractivity contribution in [2.24, 2.45) is 23.3 Å². The fraction of sp³-hybridized carbons (Fsp3) is 0.603. The van der Waals surface area contributed by atoms with Crippen LogP contribution in [0.1, 0.15) is 104 Å². The molecule has 10 atom stereocenters. The molecule has 2 saturated heterocycles. The van der Waals surface area contributed by atoms with Gasteiger partial charge in [0.15, 0.2) is 0 Å². The van der Waals surface area contributed by atoms with Gasteiger partial charge < -0.3 is 99.9 Å². The van der Waals surface area contributed by atoms with Crippen molar-refractivity contribution in [3.05, 3.63) is 54.2 Å². The quantitative estimate of drug-likeness (QED) is 0.0239. The molecular weight excluding hydrogens is 1300 g/mol. The molecule has 540 valence electrons. The van der Waals surface area contributed by atoms with Gasteiger partial charge in [0.25, 0.3) is 0 Å². The largest absolute Gasteiger partial charge is 0.480 e. The van der Waals surface area contributed by atoms with E-state index in [1.165, 1.54) is 34.8 Å². The second kappa shape index (κ2) is 39.9. The van der Waals surface area contributed by atoms with Crippen LogP contribution in [0.3, 0.4) is 0 Å². The summed E-state index contributed by atoms with van der Waals surface area (Å²) < 4.78 is 0. The molecule has 0 aliphatic carbocycles. The van der Waals surface area contributed by atoms with Gasteiger partial charge in [-0.3, -0.25) is 62.3 Å². The number of aliphatic hydroxyl groups excluding tert-OH is 1. The number of aromatic nitrogens is 3. The summed E-state index contributed by atoms with van der Waals surface area (Å²) in [7, 11) is 0. The van der Waals surface area contributed by atoms with E-state index in [9.17, 15) is 77.3 Å². The zero-order valence-corrected chi connectivity index (χ0v) is 56.9. The van der Waals surface area contributed by atoms with Crippen LogP contribution in [0.5, 0.6) is 0 Å². The van der Waals surface area contributed by atoms with Gasteiger partial charge in [-0.25, -0.2) is 9.78 Å². The predicted molar refractivity (Wildman–Crippen MR) is 358 cm³/mol. The molecule has 4 heterocycles. The summed E-state index contributed by atoms with van der Waals surface area (Å²) in [5.41, 5.74) is 13.0. The molecule has 5 rings (SSSR count). The van der Waals surface area contributed by atoms with Gasteiger partial charge in [-0.15, -0.1) is 0 Å². The maximum atomic E-state index is 14.3. The topological polar surface area (TPSA) is 515 Å². The van der Waals surface area contributed by atoms with Crippen LogP contribution in [0, 0.1) is 11.8 Å². The van der Waals surface area contributed by atoms with Crippen LogP contribution in [0.15, 0.2) is 43.0 Å². The number of hydrogen-bond acceptors (Lipinski definition) is 19. The van der Waals surface area contributed by atoms with Crippen LogP contribution >= 0.6 is 11.8 Å². The highest BCUT2D eigenvalue weighted by Gasteiger charge is 2.41. The van der Waals surface area contributed by atoms with E-state index in [2.05, 4.69) is 73.4 Å². The molecule has 13 amide bonds. The Morgan fingerprint density at radius 3 is 1.79 bits per heavy atom. The third-order valence-corrected chi connectivity index (χ3v) is 17.1. The normalized spacial score (nSPS) is 16.8. The number of carbonyl (C=O) groups excluding carboxylic acids is 13. The molecule has 0 saturated carbocycles. The summed E-state index contributed by atoms with van der Waals surface area (Å²) in [5.74, 6) is -11.4.